The van der Waals surface area contributed by atoms with Crippen LogP contribution < -0.4 is 9.80 Å². The quantitative estimate of drug-likeness (QED) is 0.133. The van der Waals surface area contributed by atoms with Crippen LogP contribution in [0, 0.1) is 0 Å². The van der Waals surface area contributed by atoms with Gasteiger partial charge in [0.1, 0.15) is 0 Å². The number of rotatable bonds is 9. The van der Waals surface area contributed by atoms with Crippen LogP contribution in [0.3, 0.4) is 0 Å². The van der Waals surface area contributed by atoms with Crippen molar-refractivity contribution in [2.24, 2.45) is 0 Å². The molecule has 0 aliphatic heterocycles. The van der Waals surface area contributed by atoms with E-state index in [1.165, 1.54) is 121 Å². The molecule has 0 saturated heterocycles. The Morgan fingerprint density at radius 2 is 0.795 bits per heavy atom. The van der Waals surface area contributed by atoms with E-state index in [2.05, 4.69) is 277 Å². The van der Waals surface area contributed by atoms with Gasteiger partial charge in [-0.25, -0.2) is 0 Å². The van der Waals surface area contributed by atoms with Crippen molar-refractivity contribution in [3.63, 3.8) is 0 Å². The molecule has 0 amide bonds. The molecule has 0 N–H and O–H groups in total. The number of fused-ring (bicyclic) bond motifs is 7. The molecule has 12 aromatic rings. The van der Waals surface area contributed by atoms with Crippen LogP contribution in [0.5, 0.6) is 0 Å². The van der Waals surface area contributed by atoms with E-state index in [1.54, 1.807) is 0 Å². The fourth-order valence-corrected chi connectivity index (χ4v) is 13.0. The second-order valence-electron chi connectivity index (χ2n) is 21.4. The van der Waals surface area contributed by atoms with Gasteiger partial charge in [0.2, 0.25) is 0 Å². The third-order valence-electron chi connectivity index (χ3n) is 16.8. The molecule has 3 aliphatic carbocycles. The summed E-state index contributed by atoms with van der Waals surface area (Å²) >= 11 is 0. The third-order valence-corrected chi connectivity index (χ3v) is 16.8. The molecule has 0 aromatic heterocycles. The first-order chi connectivity index (χ1) is 38.6. The lowest BCUT2D eigenvalue weighted by molar-refractivity contribution is 0.982. The molecule has 3 aliphatic rings. The van der Waals surface area contributed by atoms with Gasteiger partial charge in [0.25, 0.3) is 0 Å². The highest BCUT2D eigenvalue weighted by Crippen LogP contribution is 2.50. The fourth-order valence-electron chi connectivity index (χ4n) is 13.0. The van der Waals surface area contributed by atoms with Crippen LogP contribution in [-0.2, 0) is 12.8 Å². The lowest BCUT2D eigenvalue weighted by Crippen LogP contribution is -2.12. The minimum atomic E-state index is 0.910. The second kappa shape index (κ2) is 19.3. The van der Waals surface area contributed by atoms with Crippen molar-refractivity contribution < 1.29 is 0 Å². The molecule has 0 fully saturated rings. The van der Waals surface area contributed by atoms with Crippen molar-refractivity contribution in [1.82, 2.24) is 0 Å². The van der Waals surface area contributed by atoms with Gasteiger partial charge in [-0.2, -0.15) is 0 Å². The molecule has 0 bridgehead atoms. The van der Waals surface area contributed by atoms with Crippen molar-refractivity contribution >= 4 is 111 Å². The molecule has 0 unspecified atom stereocenters. The van der Waals surface area contributed by atoms with Crippen molar-refractivity contribution in [2.75, 3.05) is 9.80 Å². The first-order valence-electron chi connectivity index (χ1n) is 27.8. The average molecular weight is 997 g/mol. The smallest absolute Gasteiger partial charge is 0.0468 e. The Morgan fingerprint density at radius 1 is 0.282 bits per heavy atom. The summed E-state index contributed by atoms with van der Waals surface area (Å²) < 4.78 is 0. The lowest BCUT2D eigenvalue weighted by Gasteiger charge is -2.30. The van der Waals surface area contributed by atoms with Crippen molar-refractivity contribution in [1.29, 1.82) is 0 Å². The highest BCUT2D eigenvalue weighted by Gasteiger charge is 2.25. The summed E-state index contributed by atoms with van der Waals surface area (Å²) in [4.78, 5) is 4.97. The van der Waals surface area contributed by atoms with Crippen LogP contribution in [0.1, 0.15) is 59.1 Å². The molecule has 12 aromatic carbocycles. The molecule has 0 atom stereocenters. The Labute approximate surface area is 456 Å². The summed E-state index contributed by atoms with van der Waals surface area (Å²) in [5.41, 5.74) is 20.1. The maximum Gasteiger partial charge on any atom is 0.0468 e. The van der Waals surface area contributed by atoms with Gasteiger partial charge in [-0.15, -0.1) is 0 Å². The first kappa shape index (κ1) is 45.9. The van der Waals surface area contributed by atoms with Crippen molar-refractivity contribution in [2.45, 2.75) is 38.5 Å². The van der Waals surface area contributed by atoms with E-state index in [4.69, 9.17) is 0 Å². The van der Waals surface area contributed by atoms with Crippen molar-refractivity contribution in [3.05, 3.63) is 288 Å². The van der Waals surface area contributed by atoms with Crippen LogP contribution in [-0.4, -0.2) is 0 Å². The second-order valence-corrected chi connectivity index (χ2v) is 21.4. The maximum absolute atomic E-state index is 2.51. The molecule has 0 saturated carbocycles. The average Bonchev–Trinajstić information content (AvgIpc) is 3.65. The zero-order valence-electron chi connectivity index (χ0n) is 43.5. The Kier molecular flexibility index (Phi) is 11.3. The van der Waals surface area contributed by atoms with Crippen LogP contribution in [0.4, 0.5) is 34.1 Å². The van der Waals surface area contributed by atoms with Crippen LogP contribution >= 0.6 is 0 Å². The van der Waals surface area contributed by atoms with E-state index in [9.17, 15) is 0 Å². The molecule has 15 rings (SSSR count). The Morgan fingerprint density at radius 3 is 1.50 bits per heavy atom. The van der Waals surface area contributed by atoms with Gasteiger partial charge in [0.15, 0.2) is 0 Å². The molecule has 78 heavy (non-hydrogen) atoms. The number of aryl methyl sites for hydroxylation is 2. The summed E-state index contributed by atoms with van der Waals surface area (Å²) in [6, 6.07) is 86.7. The van der Waals surface area contributed by atoms with E-state index in [0.29, 0.717) is 0 Å². The number of hydrogen-bond donors (Lipinski definition) is 0. The monoisotopic (exact) mass is 996 g/mol. The Bertz CT molecular complexity index is 4430. The van der Waals surface area contributed by atoms with Crippen molar-refractivity contribution in [3.8, 4) is 11.1 Å². The predicted octanol–water partition coefficient (Wildman–Crippen LogP) is 21.2. The molecule has 370 valence electrons. The Balaban J connectivity index is 1.00. The third kappa shape index (κ3) is 8.12. The fraction of sp³-hybridized carbons (Fsp3) is 0.0789. The van der Waals surface area contributed by atoms with E-state index < -0.39 is 0 Å². The first-order valence-corrected chi connectivity index (χ1v) is 27.8. The van der Waals surface area contributed by atoms with Crippen LogP contribution in [0.2, 0.25) is 0 Å². The van der Waals surface area contributed by atoms with E-state index in [1.807, 2.05) is 0 Å². The van der Waals surface area contributed by atoms with Gasteiger partial charge in [-0.1, -0.05) is 194 Å². The molecule has 2 nitrogen and oxygen atoms in total. The molecule has 0 heterocycles. The summed E-state index contributed by atoms with van der Waals surface area (Å²) in [5.74, 6) is 0. The summed E-state index contributed by atoms with van der Waals surface area (Å²) in [7, 11) is 0. The number of anilines is 6. The van der Waals surface area contributed by atoms with E-state index in [-0.39, 0.29) is 0 Å². The summed E-state index contributed by atoms with van der Waals surface area (Å²) in [6.45, 7) is 0. The van der Waals surface area contributed by atoms with Gasteiger partial charge in [0, 0.05) is 34.1 Å². The molecule has 0 spiro atoms. The molecule has 0 radical (unpaired) electrons. The minimum Gasteiger partial charge on any atom is -0.310 e. The van der Waals surface area contributed by atoms with Gasteiger partial charge in [-0.05, 0) is 221 Å². The standard InChI is InChI=1S/C76H56N2/c1-2-20-57(21-3-1)75-71-43-41-68(78(65-39-35-53-17-6-10-24-61(53)47-65)66-40-36-54-18-7-11-25-62(54)48-66)50-74(71)76(58-31-29-56(30-32-58)70-28-14-26-55-19-12-13-27-69(55)70)72-44-42-67(49-73(72)75)77(63-37-33-51-15-4-8-22-59(51)45-63)64-38-34-52-16-5-9-23-60(52)46-64/h1-4,6-7,9-15,17-21,23-29,31,33-50H,5,8,16,22,30,32H2. The summed E-state index contributed by atoms with van der Waals surface area (Å²) in [5, 5.41) is 12.4. The topological polar surface area (TPSA) is 6.48 Å². The molecule has 2 heteroatoms. The van der Waals surface area contributed by atoms with Crippen LogP contribution in [0.25, 0.3) is 88.3 Å². The van der Waals surface area contributed by atoms with Gasteiger partial charge < -0.3 is 9.80 Å². The lowest BCUT2D eigenvalue weighted by atomic mass is 9.81. The molecular formula is C76H56N2. The highest BCUT2D eigenvalue weighted by atomic mass is 15.1. The normalized spacial score (nSPS) is 13.9. The number of allylic oxidation sites excluding steroid dienone is 6. The minimum absolute atomic E-state index is 0.910. The summed E-state index contributed by atoms with van der Waals surface area (Å²) in [6.07, 6.45) is 20.2. The zero-order valence-corrected chi connectivity index (χ0v) is 43.5. The van der Waals surface area contributed by atoms with Gasteiger partial charge in [-0.3, -0.25) is 0 Å². The van der Waals surface area contributed by atoms with E-state index >= 15 is 0 Å². The van der Waals surface area contributed by atoms with Crippen LogP contribution in [0.15, 0.2) is 255 Å². The maximum atomic E-state index is 2.51. The molecular weight excluding hydrogens is 941 g/mol. The van der Waals surface area contributed by atoms with E-state index in [0.717, 1.165) is 61.3 Å². The SMILES string of the molecule is C1=Cc2cc(N(c3ccc4c(c3)CCC=C4)c3ccc4c(C5=CC=C(c6cccc7ccccc67)CC5)c5cc(N(c6ccc7ccccc7c6)c6ccc7ccccc7c6)ccc5c(-c5ccccc5)c4c3)ccc2CC1. The Hall–Kier alpha value is -9.50. The number of benzene rings is 12. The number of nitrogens with zero attached hydrogens (tertiary/aromatic N) is 2. The predicted molar refractivity (Wildman–Crippen MR) is 335 cm³/mol. The largest absolute Gasteiger partial charge is 0.310 e. The highest BCUT2D eigenvalue weighted by molar-refractivity contribution is 6.20. The van der Waals surface area contributed by atoms with Gasteiger partial charge >= 0.3 is 0 Å². The zero-order chi connectivity index (χ0) is 51.5. The number of hydrogen-bond acceptors (Lipinski definition) is 2. The van der Waals surface area contributed by atoms with Gasteiger partial charge in [0.05, 0.1) is 0 Å².